The Kier molecular flexibility index (Phi) is 8.10. The average Bonchev–Trinajstić information content (AvgIpc) is 3.25. The van der Waals surface area contributed by atoms with E-state index < -0.39 is 27.8 Å². The number of aryl methyl sites for hydroxylation is 2. The summed E-state index contributed by atoms with van der Waals surface area (Å²) in [5.41, 5.74) is 1.12. The number of carbonyl (C=O) groups excluding carboxylic acids is 1. The van der Waals surface area contributed by atoms with Crippen LogP contribution >= 0.6 is 11.6 Å². The van der Waals surface area contributed by atoms with Crippen LogP contribution in [-0.4, -0.2) is 36.9 Å². The van der Waals surface area contributed by atoms with E-state index in [0.717, 1.165) is 0 Å². The average molecular weight is 503 g/mol. The molecule has 3 rings (SSSR count). The quantitative estimate of drug-likeness (QED) is 0.480. The van der Waals surface area contributed by atoms with Gasteiger partial charge in [0.2, 0.25) is 15.9 Å². The van der Waals surface area contributed by atoms with Gasteiger partial charge in [0.25, 0.3) is 0 Å². The van der Waals surface area contributed by atoms with Crippen LogP contribution in [-0.2, 0) is 27.9 Å². The fourth-order valence-electron chi connectivity index (χ4n) is 3.64. The molecule has 1 aromatic heterocycles. The van der Waals surface area contributed by atoms with Gasteiger partial charge in [-0.1, -0.05) is 41.9 Å². The zero-order valence-corrected chi connectivity index (χ0v) is 20.3. The van der Waals surface area contributed by atoms with E-state index in [0.29, 0.717) is 16.8 Å². The first-order chi connectivity index (χ1) is 16.1. The highest BCUT2D eigenvalue weighted by atomic mass is 35.5. The van der Waals surface area contributed by atoms with Crippen LogP contribution < -0.4 is 4.72 Å². The van der Waals surface area contributed by atoms with Crippen molar-refractivity contribution >= 4 is 27.5 Å². The summed E-state index contributed by atoms with van der Waals surface area (Å²) in [6, 6.07) is 15.0. The molecular formula is C24H24ClFN4O3S. The van der Waals surface area contributed by atoms with Crippen LogP contribution in [0, 0.1) is 24.1 Å². The summed E-state index contributed by atoms with van der Waals surface area (Å²) in [7, 11) is -2.69. The Bertz CT molecular complexity index is 1310. The maximum Gasteiger partial charge on any atom is 0.243 e. The lowest BCUT2D eigenvalue weighted by atomic mass is 10.1. The predicted molar refractivity (Wildman–Crippen MR) is 127 cm³/mol. The van der Waals surface area contributed by atoms with Crippen molar-refractivity contribution in [3.63, 3.8) is 0 Å². The second kappa shape index (κ2) is 10.8. The molecule has 0 radical (unpaired) electrons. The lowest BCUT2D eigenvalue weighted by Crippen LogP contribution is -2.47. The molecule has 0 aliphatic rings. The highest BCUT2D eigenvalue weighted by Gasteiger charge is 2.30. The number of likely N-dealkylation sites (N-methyl/N-ethyl adjacent to an activating group) is 1. The molecule has 0 aliphatic heterocycles. The number of nitrogens with one attached hydrogen (secondary N) is 1. The topological polar surface area (TPSA) is 95.2 Å². The van der Waals surface area contributed by atoms with Crippen molar-refractivity contribution in [1.82, 2.24) is 14.2 Å². The second-order valence-corrected chi connectivity index (χ2v) is 9.89. The van der Waals surface area contributed by atoms with Gasteiger partial charge in [-0.15, -0.1) is 0 Å². The van der Waals surface area contributed by atoms with Gasteiger partial charge < -0.3 is 9.47 Å². The minimum Gasteiger partial charge on any atom is -0.340 e. The zero-order chi connectivity index (χ0) is 24.9. The molecule has 0 bridgehead atoms. The Labute approximate surface area is 203 Å². The van der Waals surface area contributed by atoms with Gasteiger partial charge in [0, 0.05) is 31.9 Å². The summed E-state index contributed by atoms with van der Waals surface area (Å²) >= 11 is 6.17. The van der Waals surface area contributed by atoms with Crippen molar-refractivity contribution in [2.75, 3.05) is 7.05 Å². The van der Waals surface area contributed by atoms with E-state index in [4.69, 9.17) is 11.6 Å². The largest absolute Gasteiger partial charge is 0.340 e. The maximum absolute atomic E-state index is 14.1. The minimum atomic E-state index is -4.16. The number of amides is 1. The molecular weight excluding hydrogens is 479 g/mol. The van der Waals surface area contributed by atoms with Gasteiger partial charge in [-0.3, -0.25) is 4.79 Å². The first kappa shape index (κ1) is 25.4. The summed E-state index contributed by atoms with van der Waals surface area (Å²) < 4.78 is 44.7. The molecule has 0 aliphatic carbocycles. The molecule has 0 saturated heterocycles. The van der Waals surface area contributed by atoms with Crippen LogP contribution in [0.15, 0.2) is 65.7 Å². The number of carbonyl (C=O) groups is 1. The van der Waals surface area contributed by atoms with E-state index in [2.05, 4.69) is 4.72 Å². The van der Waals surface area contributed by atoms with Gasteiger partial charge in [-0.25, -0.2) is 12.8 Å². The summed E-state index contributed by atoms with van der Waals surface area (Å²) in [5, 5.41) is 9.29. The van der Waals surface area contributed by atoms with Crippen molar-refractivity contribution in [3.05, 3.63) is 88.5 Å². The van der Waals surface area contributed by atoms with E-state index in [1.807, 2.05) is 6.07 Å². The molecule has 3 aromatic rings. The Hall–Kier alpha value is -3.19. The number of hydrogen-bond donors (Lipinski definition) is 1. The second-order valence-electron chi connectivity index (χ2n) is 7.83. The van der Waals surface area contributed by atoms with Crippen LogP contribution in [0.1, 0.15) is 23.2 Å². The number of aromatic nitrogens is 1. The molecule has 34 heavy (non-hydrogen) atoms. The number of sulfonamides is 1. The van der Waals surface area contributed by atoms with E-state index in [9.17, 15) is 22.9 Å². The molecule has 1 N–H and O–H groups in total. The first-order valence-electron chi connectivity index (χ1n) is 10.4. The van der Waals surface area contributed by atoms with Crippen molar-refractivity contribution in [2.45, 2.75) is 37.4 Å². The molecule has 1 amide bonds. The normalized spacial score (nSPS) is 12.2. The fourth-order valence-corrected chi connectivity index (χ4v) is 5.70. The first-order valence-corrected chi connectivity index (χ1v) is 12.3. The lowest BCUT2D eigenvalue weighted by molar-refractivity contribution is -0.132. The van der Waals surface area contributed by atoms with Gasteiger partial charge >= 0.3 is 0 Å². The molecule has 10 heteroatoms. The van der Waals surface area contributed by atoms with Gasteiger partial charge in [-0.2, -0.15) is 9.98 Å². The van der Waals surface area contributed by atoms with Crippen LogP contribution in [0.25, 0.3) is 0 Å². The summed E-state index contributed by atoms with van der Waals surface area (Å²) in [6.07, 6.45) is 1.74. The smallest absolute Gasteiger partial charge is 0.243 e. The molecule has 0 fully saturated rings. The summed E-state index contributed by atoms with van der Waals surface area (Å²) in [6.45, 7) is 1.78. The van der Waals surface area contributed by atoms with E-state index in [1.54, 1.807) is 60.2 Å². The summed E-state index contributed by atoms with van der Waals surface area (Å²) in [4.78, 5) is 14.5. The molecule has 1 unspecified atom stereocenters. The van der Waals surface area contributed by atoms with Crippen molar-refractivity contribution in [3.8, 4) is 6.07 Å². The molecule has 7 nitrogen and oxygen atoms in total. The fraction of sp³-hybridized carbons (Fsp3) is 0.250. The molecule has 178 valence electrons. The number of halogens is 2. The van der Waals surface area contributed by atoms with Gasteiger partial charge in [0.1, 0.15) is 28.5 Å². The van der Waals surface area contributed by atoms with Gasteiger partial charge in [0.15, 0.2) is 0 Å². The third-order valence-corrected chi connectivity index (χ3v) is 7.47. The molecule has 0 spiro atoms. The standard InChI is InChI=1S/C24H24ClFN4O3S/c1-17-7-5-10-20(25)23(17)34(32,33)28-22(12-14-30-13-6-9-19(30)15-27)24(31)29(2)16-18-8-3-4-11-21(18)26/h3-11,13,22,28H,12,14,16H2,1-2H3. The third kappa shape index (κ3) is 5.83. The Morgan fingerprint density at radius 1 is 1.21 bits per heavy atom. The molecule has 0 saturated carbocycles. The number of nitrogens with zero attached hydrogens (tertiary/aromatic N) is 3. The van der Waals surface area contributed by atoms with Crippen molar-refractivity contribution in [2.24, 2.45) is 0 Å². The molecule has 1 heterocycles. The van der Waals surface area contributed by atoms with Gasteiger partial charge in [-0.05, 0) is 43.2 Å². The number of nitriles is 1. The van der Waals surface area contributed by atoms with E-state index in [-0.39, 0.29) is 29.4 Å². The lowest BCUT2D eigenvalue weighted by Gasteiger charge is -2.25. The minimum absolute atomic E-state index is 0.0376. The van der Waals surface area contributed by atoms with Crippen molar-refractivity contribution in [1.29, 1.82) is 5.26 Å². The molecule has 1 atom stereocenters. The summed E-state index contributed by atoms with van der Waals surface area (Å²) in [5.74, 6) is -1.00. The Balaban J connectivity index is 1.89. The van der Waals surface area contributed by atoms with Crippen LogP contribution in [0.5, 0.6) is 0 Å². The highest BCUT2D eigenvalue weighted by Crippen LogP contribution is 2.25. The van der Waals surface area contributed by atoms with Crippen LogP contribution in [0.2, 0.25) is 5.02 Å². The van der Waals surface area contributed by atoms with Gasteiger partial charge in [0.05, 0.1) is 5.02 Å². The highest BCUT2D eigenvalue weighted by molar-refractivity contribution is 7.89. The zero-order valence-electron chi connectivity index (χ0n) is 18.7. The SMILES string of the molecule is Cc1cccc(Cl)c1S(=O)(=O)NC(CCn1cccc1C#N)C(=O)N(C)Cc1ccccc1F. The monoisotopic (exact) mass is 502 g/mol. The van der Waals surface area contributed by atoms with E-state index >= 15 is 0 Å². The van der Waals surface area contributed by atoms with Crippen LogP contribution in [0.3, 0.4) is 0 Å². The van der Waals surface area contributed by atoms with E-state index in [1.165, 1.54) is 24.1 Å². The number of hydrogen-bond acceptors (Lipinski definition) is 4. The van der Waals surface area contributed by atoms with Crippen LogP contribution in [0.4, 0.5) is 4.39 Å². The maximum atomic E-state index is 14.1. The third-order valence-electron chi connectivity index (χ3n) is 5.37. The Morgan fingerprint density at radius 3 is 2.62 bits per heavy atom. The Morgan fingerprint density at radius 2 is 1.94 bits per heavy atom. The number of rotatable bonds is 9. The van der Waals surface area contributed by atoms with Crippen molar-refractivity contribution < 1.29 is 17.6 Å². The number of benzene rings is 2. The predicted octanol–water partition coefficient (Wildman–Crippen LogP) is 3.86. The molecule has 2 aromatic carbocycles.